The summed E-state index contributed by atoms with van der Waals surface area (Å²) in [5.41, 5.74) is 6.36. The van der Waals surface area contributed by atoms with Gasteiger partial charge in [-0.05, 0) is 46.7 Å². The number of nitrogens with two attached hydrogens (primary N) is 1. The molecule has 0 aliphatic carbocycles. The molecule has 0 fully saturated rings. The van der Waals surface area contributed by atoms with Gasteiger partial charge in [0.2, 0.25) is 0 Å². The molecule has 3 nitrogen and oxygen atoms in total. The lowest BCUT2D eigenvalue weighted by molar-refractivity contribution is -0.138. The minimum absolute atomic E-state index is 0. The van der Waals surface area contributed by atoms with Gasteiger partial charge in [-0.15, -0.1) is 12.4 Å². The summed E-state index contributed by atoms with van der Waals surface area (Å²) in [6.07, 6.45) is 0.381. The highest BCUT2D eigenvalue weighted by Gasteiger charge is 2.11. The molecule has 78 valence electrons. The van der Waals surface area contributed by atoms with Gasteiger partial charge in [-0.1, -0.05) is 12.1 Å². The lowest BCUT2D eigenvalue weighted by Gasteiger charge is -2.05. The standard InChI is InChI=1S/C9H10INO2.ClH/c10-7-3-1-2-6(4-7)5-8(11)9(12)13;/h1-4,8H,5,11H2,(H,12,13);1H/t8-;/m0./s1. The first-order valence-corrected chi connectivity index (χ1v) is 4.90. The highest BCUT2D eigenvalue weighted by Crippen LogP contribution is 2.09. The predicted octanol–water partition coefficient (Wildman–Crippen LogP) is 1.67. The van der Waals surface area contributed by atoms with E-state index in [1.807, 2.05) is 24.3 Å². The monoisotopic (exact) mass is 327 g/mol. The lowest BCUT2D eigenvalue weighted by Crippen LogP contribution is -2.32. The largest absolute Gasteiger partial charge is 0.480 e. The number of hydrogen-bond acceptors (Lipinski definition) is 2. The average molecular weight is 328 g/mol. The fourth-order valence-electron chi connectivity index (χ4n) is 1.01. The van der Waals surface area contributed by atoms with Crippen molar-refractivity contribution in [2.24, 2.45) is 5.73 Å². The molecular formula is C9H11ClINO2. The lowest BCUT2D eigenvalue weighted by atomic mass is 10.1. The van der Waals surface area contributed by atoms with E-state index in [0.29, 0.717) is 6.42 Å². The predicted molar refractivity (Wildman–Crippen MR) is 65.7 cm³/mol. The van der Waals surface area contributed by atoms with Crippen LogP contribution in [-0.2, 0) is 11.2 Å². The van der Waals surface area contributed by atoms with Crippen LogP contribution in [0, 0.1) is 3.57 Å². The second-order valence-electron chi connectivity index (χ2n) is 2.78. The molecule has 0 spiro atoms. The molecule has 0 saturated heterocycles. The van der Waals surface area contributed by atoms with E-state index in [4.69, 9.17) is 10.8 Å². The van der Waals surface area contributed by atoms with Gasteiger partial charge < -0.3 is 10.8 Å². The van der Waals surface area contributed by atoms with Crippen LogP contribution < -0.4 is 5.73 Å². The fraction of sp³-hybridized carbons (Fsp3) is 0.222. The van der Waals surface area contributed by atoms with Crippen LogP contribution in [0.1, 0.15) is 5.56 Å². The zero-order valence-electron chi connectivity index (χ0n) is 7.31. The Labute approximate surface area is 102 Å². The summed E-state index contributed by atoms with van der Waals surface area (Å²) in [6, 6.07) is 6.86. The van der Waals surface area contributed by atoms with E-state index in [-0.39, 0.29) is 12.4 Å². The summed E-state index contributed by atoms with van der Waals surface area (Å²) in [7, 11) is 0. The number of carbonyl (C=O) groups is 1. The molecule has 14 heavy (non-hydrogen) atoms. The van der Waals surface area contributed by atoms with Crippen LogP contribution in [-0.4, -0.2) is 17.1 Å². The Hall–Kier alpha value is -0.330. The van der Waals surface area contributed by atoms with Gasteiger partial charge in [0, 0.05) is 3.57 Å². The van der Waals surface area contributed by atoms with Gasteiger partial charge in [-0.3, -0.25) is 4.79 Å². The number of carboxylic acid groups (broad SMARTS) is 1. The topological polar surface area (TPSA) is 63.3 Å². The van der Waals surface area contributed by atoms with Gasteiger partial charge in [-0.25, -0.2) is 0 Å². The summed E-state index contributed by atoms with van der Waals surface area (Å²) < 4.78 is 1.09. The normalized spacial score (nSPS) is 11.6. The summed E-state index contributed by atoms with van der Waals surface area (Å²) >= 11 is 2.18. The maximum Gasteiger partial charge on any atom is 0.320 e. The van der Waals surface area contributed by atoms with Crippen LogP contribution in [0.3, 0.4) is 0 Å². The van der Waals surface area contributed by atoms with Crippen molar-refractivity contribution < 1.29 is 9.90 Å². The van der Waals surface area contributed by atoms with E-state index in [2.05, 4.69) is 22.6 Å². The number of rotatable bonds is 3. The van der Waals surface area contributed by atoms with Crippen LogP contribution in [0.2, 0.25) is 0 Å². The average Bonchev–Trinajstić information content (AvgIpc) is 2.04. The van der Waals surface area contributed by atoms with E-state index >= 15 is 0 Å². The molecule has 0 amide bonds. The number of halogens is 2. The maximum atomic E-state index is 10.5. The van der Waals surface area contributed by atoms with Crippen molar-refractivity contribution in [2.45, 2.75) is 12.5 Å². The smallest absolute Gasteiger partial charge is 0.320 e. The SMILES string of the molecule is Cl.N[C@@H](Cc1cccc(I)c1)C(=O)O. The van der Waals surface area contributed by atoms with E-state index in [0.717, 1.165) is 9.13 Å². The van der Waals surface area contributed by atoms with Crippen LogP contribution in [0.4, 0.5) is 0 Å². The maximum absolute atomic E-state index is 10.5. The quantitative estimate of drug-likeness (QED) is 0.830. The summed E-state index contributed by atoms with van der Waals surface area (Å²) in [6.45, 7) is 0. The molecule has 0 unspecified atom stereocenters. The van der Waals surface area contributed by atoms with Crippen molar-refractivity contribution in [3.05, 3.63) is 33.4 Å². The van der Waals surface area contributed by atoms with E-state index in [1.54, 1.807) is 0 Å². The third-order valence-corrected chi connectivity index (χ3v) is 2.33. The van der Waals surface area contributed by atoms with Gasteiger partial charge in [-0.2, -0.15) is 0 Å². The molecule has 1 aromatic carbocycles. The Kier molecular flexibility index (Phi) is 6.06. The summed E-state index contributed by atoms with van der Waals surface area (Å²) in [5.74, 6) is -0.959. The molecule has 5 heteroatoms. The van der Waals surface area contributed by atoms with Crippen LogP contribution >= 0.6 is 35.0 Å². The molecule has 0 heterocycles. The van der Waals surface area contributed by atoms with Crippen molar-refractivity contribution in [1.29, 1.82) is 0 Å². The third-order valence-electron chi connectivity index (χ3n) is 1.66. The molecule has 0 bridgehead atoms. The Morgan fingerprint density at radius 2 is 2.21 bits per heavy atom. The molecule has 0 radical (unpaired) electrons. The van der Waals surface area contributed by atoms with Crippen molar-refractivity contribution in [2.75, 3.05) is 0 Å². The molecule has 0 aromatic heterocycles. The first kappa shape index (κ1) is 13.7. The Balaban J connectivity index is 0.00000169. The van der Waals surface area contributed by atoms with E-state index in [9.17, 15) is 4.79 Å². The highest BCUT2D eigenvalue weighted by molar-refractivity contribution is 14.1. The van der Waals surface area contributed by atoms with Gasteiger partial charge in [0.1, 0.15) is 6.04 Å². The van der Waals surface area contributed by atoms with Crippen molar-refractivity contribution >= 4 is 41.0 Å². The Morgan fingerprint density at radius 3 is 2.71 bits per heavy atom. The number of hydrogen-bond donors (Lipinski definition) is 2. The Bertz CT molecular complexity index is 319. The molecule has 3 N–H and O–H groups in total. The number of carboxylic acids is 1. The van der Waals surface area contributed by atoms with Crippen LogP contribution in [0.25, 0.3) is 0 Å². The van der Waals surface area contributed by atoms with Crippen LogP contribution in [0.15, 0.2) is 24.3 Å². The van der Waals surface area contributed by atoms with Crippen molar-refractivity contribution in [1.82, 2.24) is 0 Å². The summed E-state index contributed by atoms with van der Waals surface area (Å²) in [4.78, 5) is 10.5. The number of aliphatic carboxylic acids is 1. The Morgan fingerprint density at radius 1 is 1.57 bits per heavy atom. The van der Waals surface area contributed by atoms with Crippen molar-refractivity contribution in [3.63, 3.8) is 0 Å². The highest BCUT2D eigenvalue weighted by atomic mass is 127. The van der Waals surface area contributed by atoms with E-state index in [1.165, 1.54) is 0 Å². The first-order valence-electron chi connectivity index (χ1n) is 3.82. The number of benzene rings is 1. The van der Waals surface area contributed by atoms with Crippen molar-refractivity contribution in [3.8, 4) is 0 Å². The first-order chi connectivity index (χ1) is 6.09. The van der Waals surface area contributed by atoms with Gasteiger partial charge in [0.25, 0.3) is 0 Å². The zero-order chi connectivity index (χ0) is 9.84. The van der Waals surface area contributed by atoms with E-state index < -0.39 is 12.0 Å². The molecule has 1 rings (SSSR count). The molecular weight excluding hydrogens is 316 g/mol. The molecule has 0 aliphatic rings. The molecule has 0 aliphatic heterocycles. The molecule has 0 saturated carbocycles. The minimum atomic E-state index is -0.959. The zero-order valence-corrected chi connectivity index (χ0v) is 10.3. The van der Waals surface area contributed by atoms with Crippen LogP contribution in [0.5, 0.6) is 0 Å². The molecule has 1 aromatic rings. The third kappa shape index (κ3) is 4.26. The summed E-state index contributed by atoms with van der Waals surface area (Å²) in [5, 5.41) is 8.59. The van der Waals surface area contributed by atoms with Gasteiger partial charge in [0.15, 0.2) is 0 Å². The molecule has 1 atom stereocenters. The fourth-order valence-corrected chi connectivity index (χ4v) is 1.61. The second-order valence-corrected chi connectivity index (χ2v) is 4.02. The van der Waals surface area contributed by atoms with Gasteiger partial charge >= 0.3 is 5.97 Å². The van der Waals surface area contributed by atoms with Gasteiger partial charge in [0.05, 0.1) is 0 Å². The second kappa shape index (κ2) is 6.21. The minimum Gasteiger partial charge on any atom is -0.480 e.